The van der Waals surface area contributed by atoms with Gasteiger partial charge in [0.25, 0.3) is 5.91 Å². The molecule has 7 nitrogen and oxygen atoms in total. The lowest BCUT2D eigenvalue weighted by Crippen LogP contribution is -2.51. The molecule has 2 aliphatic heterocycles. The number of aromatic nitrogens is 2. The number of hydrogen-bond donors (Lipinski definition) is 0. The first-order chi connectivity index (χ1) is 11.1. The molecule has 0 saturated carbocycles. The highest BCUT2D eigenvalue weighted by Gasteiger charge is 2.51. The van der Waals surface area contributed by atoms with Crippen LogP contribution in [0.15, 0.2) is 18.5 Å². The van der Waals surface area contributed by atoms with Gasteiger partial charge in [-0.05, 0) is 12.5 Å². The van der Waals surface area contributed by atoms with E-state index in [-0.39, 0.29) is 29.0 Å². The Bertz CT molecular complexity index is 594. The minimum Gasteiger partial charge on any atom is -0.384 e. The summed E-state index contributed by atoms with van der Waals surface area (Å²) in [6.45, 7) is 4.86. The molecular formula is C16H22N4O3. The first-order valence-electron chi connectivity index (χ1n) is 7.86. The van der Waals surface area contributed by atoms with Crippen LogP contribution in [0, 0.1) is 11.3 Å². The monoisotopic (exact) mass is 318 g/mol. The van der Waals surface area contributed by atoms with Gasteiger partial charge in [-0.25, -0.2) is 9.97 Å². The number of carbonyl (C=O) groups excluding carboxylic acids is 2. The van der Waals surface area contributed by atoms with E-state index in [4.69, 9.17) is 4.74 Å². The van der Waals surface area contributed by atoms with Gasteiger partial charge in [-0.15, -0.1) is 0 Å². The highest BCUT2D eigenvalue weighted by Crippen LogP contribution is 2.43. The summed E-state index contributed by atoms with van der Waals surface area (Å²) in [6, 6.07) is 1.69. The topological polar surface area (TPSA) is 75.6 Å². The summed E-state index contributed by atoms with van der Waals surface area (Å²) in [5.74, 6) is 0.401. The molecular weight excluding hydrogens is 296 g/mol. The number of carbonyl (C=O) groups is 2. The van der Waals surface area contributed by atoms with Gasteiger partial charge in [0, 0.05) is 63.9 Å². The SMILES string of the molecule is COC[C@@]12CCN(C(=O)c3ncccn3)C[C@@H]1CN(C(C)=O)C2. The van der Waals surface area contributed by atoms with Gasteiger partial charge in [0.05, 0.1) is 6.61 Å². The van der Waals surface area contributed by atoms with Crippen LogP contribution in [0.25, 0.3) is 0 Å². The van der Waals surface area contributed by atoms with E-state index < -0.39 is 0 Å². The van der Waals surface area contributed by atoms with Crippen LogP contribution in [0.1, 0.15) is 24.0 Å². The Kier molecular flexibility index (Phi) is 4.30. The molecule has 0 aliphatic carbocycles. The zero-order valence-electron chi connectivity index (χ0n) is 13.6. The highest BCUT2D eigenvalue weighted by molar-refractivity contribution is 5.90. The average molecular weight is 318 g/mol. The fourth-order valence-corrected chi connectivity index (χ4v) is 3.78. The second kappa shape index (κ2) is 6.23. The maximum Gasteiger partial charge on any atom is 0.291 e. The highest BCUT2D eigenvalue weighted by atomic mass is 16.5. The first kappa shape index (κ1) is 15.9. The van der Waals surface area contributed by atoms with Crippen molar-refractivity contribution < 1.29 is 14.3 Å². The van der Waals surface area contributed by atoms with Crippen molar-refractivity contribution >= 4 is 11.8 Å². The smallest absolute Gasteiger partial charge is 0.291 e. The molecule has 2 aliphatic rings. The third kappa shape index (κ3) is 2.93. The molecule has 124 valence electrons. The minimum absolute atomic E-state index is 0.0469. The van der Waals surface area contributed by atoms with E-state index in [2.05, 4.69) is 9.97 Å². The standard InChI is InChI=1S/C16H22N4O3/c1-12(21)20-9-13-8-19(7-4-16(13,10-20)11-23-2)15(22)14-17-5-3-6-18-14/h3,5-6,13H,4,7-11H2,1-2H3/t13-,16+/m1/s1. The van der Waals surface area contributed by atoms with E-state index in [1.165, 1.54) is 0 Å². The van der Waals surface area contributed by atoms with Crippen molar-refractivity contribution in [1.82, 2.24) is 19.8 Å². The minimum atomic E-state index is -0.141. The molecule has 0 N–H and O–H groups in total. The van der Waals surface area contributed by atoms with Gasteiger partial charge in [-0.1, -0.05) is 0 Å². The third-order valence-electron chi connectivity index (χ3n) is 5.05. The molecule has 0 radical (unpaired) electrons. The Morgan fingerprint density at radius 2 is 2.00 bits per heavy atom. The third-order valence-corrected chi connectivity index (χ3v) is 5.05. The number of hydrogen-bond acceptors (Lipinski definition) is 5. The largest absolute Gasteiger partial charge is 0.384 e. The molecule has 0 unspecified atom stereocenters. The molecule has 1 aromatic heterocycles. The van der Waals surface area contributed by atoms with Crippen LogP contribution in [0.2, 0.25) is 0 Å². The summed E-state index contributed by atoms with van der Waals surface area (Å²) in [4.78, 5) is 36.1. The van der Waals surface area contributed by atoms with Gasteiger partial charge in [-0.2, -0.15) is 0 Å². The van der Waals surface area contributed by atoms with Crippen molar-refractivity contribution in [2.75, 3.05) is 39.9 Å². The quantitative estimate of drug-likeness (QED) is 0.808. The average Bonchev–Trinajstić information content (AvgIpc) is 2.94. The van der Waals surface area contributed by atoms with Crippen LogP contribution in [-0.2, 0) is 9.53 Å². The zero-order valence-corrected chi connectivity index (χ0v) is 13.6. The molecule has 7 heteroatoms. The molecule has 0 bridgehead atoms. The van der Waals surface area contributed by atoms with Crippen LogP contribution in [0.5, 0.6) is 0 Å². The lowest BCUT2D eigenvalue weighted by atomic mass is 9.73. The van der Waals surface area contributed by atoms with Gasteiger partial charge >= 0.3 is 0 Å². The van der Waals surface area contributed by atoms with E-state index in [0.717, 1.165) is 6.42 Å². The maximum atomic E-state index is 12.6. The predicted octanol–water partition coefficient (Wildman–Crippen LogP) is 0.434. The number of amides is 2. The Morgan fingerprint density at radius 3 is 2.65 bits per heavy atom. The van der Waals surface area contributed by atoms with Gasteiger partial charge in [0.15, 0.2) is 0 Å². The second-order valence-electron chi connectivity index (χ2n) is 6.47. The molecule has 0 aromatic carbocycles. The van der Waals surface area contributed by atoms with Crippen LogP contribution >= 0.6 is 0 Å². The van der Waals surface area contributed by atoms with E-state index >= 15 is 0 Å². The summed E-state index contributed by atoms with van der Waals surface area (Å²) in [5.41, 5.74) is -0.0469. The van der Waals surface area contributed by atoms with Crippen molar-refractivity contribution in [1.29, 1.82) is 0 Å². The second-order valence-corrected chi connectivity index (χ2v) is 6.47. The van der Waals surface area contributed by atoms with Crippen molar-refractivity contribution in [3.05, 3.63) is 24.3 Å². The maximum absolute atomic E-state index is 12.6. The lowest BCUT2D eigenvalue weighted by molar-refractivity contribution is -0.128. The van der Waals surface area contributed by atoms with Gasteiger partial charge < -0.3 is 14.5 Å². The van der Waals surface area contributed by atoms with Crippen LogP contribution < -0.4 is 0 Å². The van der Waals surface area contributed by atoms with Crippen molar-refractivity contribution in [3.63, 3.8) is 0 Å². The number of nitrogens with zero attached hydrogens (tertiary/aromatic N) is 4. The van der Waals surface area contributed by atoms with Crippen molar-refractivity contribution in [2.45, 2.75) is 13.3 Å². The molecule has 3 heterocycles. The molecule has 1 aromatic rings. The number of likely N-dealkylation sites (tertiary alicyclic amines) is 2. The van der Waals surface area contributed by atoms with Gasteiger partial charge in [-0.3, -0.25) is 9.59 Å². The van der Waals surface area contributed by atoms with Crippen LogP contribution in [0.4, 0.5) is 0 Å². The number of methoxy groups -OCH3 is 1. The number of rotatable bonds is 3. The Balaban J connectivity index is 1.76. The first-order valence-corrected chi connectivity index (χ1v) is 7.86. The fraction of sp³-hybridized carbons (Fsp3) is 0.625. The van der Waals surface area contributed by atoms with E-state index in [1.54, 1.807) is 37.4 Å². The van der Waals surface area contributed by atoms with Crippen molar-refractivity contribution in [2.24, 2.45) is 11.3 Å². The van der Waals surface area contributed by atoms with E-state index in [0.29, 0.717) is 32.8 Å². The molecule has 2 fully saturated rings. The molecule has 2 saturated heterocycles. The number of fused-ring (bicyclic) bond motifs is 1. The van der Waals surface area contributed by atoms with E-state index in [9.17, 15) is 9.59 Å². The summed E-state index contributed by atoms with van der Waals surface area (Å²) in [5, 5.41) is 0. The van der Waals surface area contributed by atoms with Crippen molar-refractivity contribution in [3.8, 4) is 0 Å². The Morgan fingerprint density at radius 1 is 1.30 bits per heavy atom. The Labute approximate surface area is 135 Å². The molecule has 2 amide bonds. The summed E-state index contributed by atoms with van der Waals surface area (Å²) >= 11 is 0. The summed E-state index contributed by atoms with van der Waals surface area (Å²) in [7, 11) is 1.69. The summed E-state index contributed by atoms with van der Waals surface area (Å²) in [6.07, 6.45) is 3.98. The number of ether oxygens (including phenoxy) is 1. The summed E-state index contributed by atoms with van der Waals surface area (Å²) < 4.78 is 5.43. The normalized spacial score (nSPS) is 27.0. The molecule has 2 atom stereocenters. The fourth-order valence-electron chi connectivity index (χ4n) is 3.78. The van der Waals surface area contributed by atoms with Crippen LogP contribution in [0.3, 0.4) is 0 Å². The predicted molar refractivity (Wildman–Crippen MR) is 82.6 cm³/mol. The molecule has 23 heavy (non-hydrogen) atoms. The number of piperidine rings is 1. The van der Waals surface area contributed by atoms with Gasteiger partial charge in [0.2, 0.25) is 11.7 Å². The van der Waals surface area contributed by atoms with Crippen LogP contribution in [-0.4, -0.2) is 71.5 Å². The zero-order chi connectivity index (χ0) is 16.4. The molecule has 3 rings (SSSR count). The lowest BCUT2D eigenvalue weighted by Gasteiger charge is -2.42. The molecule has 0 spiro atoms. The van der Waals surface area contributed by atoms with E-state index in [1.807, 2.05) is 4.90 Å². The Hall–Kier alpha value is -2.02. The van der Waals surface area contributed by atoms with Gasteiger partial charge in [0.1, 0.15) is 0 Å².